The van der Waals surface area contributed by atoms with Gasteiger partial charge in [-0.05, 0) is 41.8 Å². The lowest BCUT2D eigenvalue weighted by atomic mass is 9.97. The van der Waals surface area contributed by atoms with Gasteiger partial charge in [0.05, 0.1) is 22.3 Å². The molecule has 0 saturated heterocycles. The van der Waals surface area contributed by atoms with Crippen molar-refractivity contribution in [3.63, 3.8) is 0 Å². The maximum Gasteiger partial charge on any atom is 0.346 e. The molecule has 6 rings (SSSR count). The van der Waals surface area contributed by atoms with Gasteiger partial charge in [0.1, 0.15) is 0 Å². The summed E-state index contributed by atoms with van der Waals surface area (Å²) < 4.78 is 9.26. The molecule has 0 amide bonds. The van der Waals surface area contributed by atoms with Crippen LogP contribution in [0, 0.1) is 0 Å². The fourth-order valence-corrected chi connectivity index (χ4v) is 4.31. The zero-order chi connectivity index (χ0) is 22.6. The number of thiol groups is 1. The molecule has 2 aliphatic heterocycles. The lowest BCUT2D eigenvalue weighted by molar-refractivity contribution is 0.0373. The Bertz CT molecular complexity index is 1370. The molecule has 0 radical (unpaired) electrons. The number of benzene rings is 4. The molecule has 2 aliphatic rings. The molecule has 8 heteroatoms. The predicted molar refractivity (Wildman–Crippen MR) is 120 cm³/mol. The summed E-state index contributed by atoms with van der Waals surface area (Å²) in [6, 6.07) is 16.9. The highest BCUT2D eigenvalue weighted by Gasteiger charge is 2.28. The zero-order valence-electron chi connectivity index (χ0n) is 16.0. The summed E-state index contributed by atoms with van der Waals surface area (Å²) in [5, 5.41) is 3.22. The van der Waals surface area contributed by atoms with Gasteiger partial charge in [0.2, 0.25) is 0 Å². The SMILES string of the molecule is O=C1OC(=O)c2ccc(Cl)c3cccc1c23.O=C1OC(=O)c2ccc(S)c3cccc1c23. The molecule has 32 heavy (non-hydrogen) atoms. The van der Waals surface area contributed by atoms with E-state index >= 15 is 0 Å². The van der Waals surface area contributed by atoms with Gasteiger partial charge in [-0.25, -0.2) is 19.2 Å². The average molecular weight is 463 g/mol. The molecule has 0 fully saturated rings. The van der Waals surface area contributed by atoms with Gasteiger partial charge in [-0.3, -0.25) is 0 Å². The van der Waals surface area contributed by atoms with Crippen LogP contribution in [0.25, 0.3) is 21.5 Å². The summed E-state index contributed by atoms with van der Waals surface area (Å²) in [4.78, 5) is 46.8. The highest BCUT2D eigenvalue weighted by Crippen LogP contribution is 2.33. The average Bonchev–Trinajstić information content (AvgIpc) is 2.78. The van der Waals surface area contributed by atoms with Crippen molar-refractivity contribution in [2.24, 2.45) is 0 Å². The van der Waals surface area contributed by atoms with E-state index in [2.05, 4.69) is 22.1 Å². The largest absolute Gasteiger partial charge is 0.386 e. The summed E-state index contributed by atoms with van der Waals surface area (Å²) in [6.07, 6.45) is 0. The minimum atomic E-state index is -0.620. The van der Waals surface area contributed by atoms with Crippen LogP contribution in [-0.2, 0) is 9.47 Å². The van der Waals surface area contributed by atoms with Crippen molar-refractivity contribution in [3.8, 4) is 0 Å². The van der Waals surface area contributed by atoms with Crippen LogP contribution in [0.1, 0.15) is 41.4 Å². The van der Waals surface area contributed by atoms with E-state index in [4.69, 9.17) is 11.6 Å². The Morgan fingerprint density at radius 2 is 1.00 bits per heavy atom. The van der Waals surface area contributed by atoms with Crippen molar-refractivity contribution in [3.05, 3.63) is 87.9 Å². The molecule has 0 bridgehead atoms. The molecule has 6 nitrogen and oxygen atoms in total. The van der Waals surface area contributed by atoms with E-state index in [1.54, 1.807) is 54.6 Å². The van der Waals surface area contributed by atoms with Crippen LogP contribution in [0.2, 0.25) is 5.02 Å². The maximum atomic E-state index is 11.5. The lowest BCUT2D eigenvalue weighted by Crippen LogP contribution is -2.19. The Morgan fingerprint density at radius 1 is 0.562 bits per heavy atom. The molecule has 0 aromatic heterocycles. The van der Waals surface area contributed by atoms with E-state index in [9.17, 15) is 19.2 Å². The Balaban J connectivity index is 0.000000135. The second kappa shape index (κ2) is 7.47. The first-order chi connectivity index (χ1) is 15.4. The van der Waals surface area contributed by atoms with Gasteiger partial charge in [-0.2, -0.15) is 0 Å². The van der Waals surface area contributed by atoms with Gasteiger partial charge in [-0.15, -0.1) is 12.6 Å². The van der Waals surface area contributed by atoms with Crippen molar-refractivity contribution < 1.29 is 28.7 Å². The Morgan fingerprint density at radius 3 is 1.56 bits per heavy atom. The highest BCUT2D eigenvalue weighted by atomic mass is 35.5. The van der Waals surface area contributed by atoms with E-state index < -0.39 is 23.9 Å². The van der Waals surface area contributed by atoms with E-state index in [0.29, 0.717) is 43.4 Å². The highest BCUT2D eigenvalue weighted by molar-refractivity contribution is 7.80. The van der Waals surface area contributed by atoms with Crippen molar-refractivity contribution in [2.45, 2.75) is 4.90 Å². The molecule has 4 aromatic carbocycles. The number of halogens is 1. The van der Waals surface area contributed by atoms with E-state index in [-0.39, 0.29) is 0 Å². The number of carbonyl (C=O) groups excluding carboxylic acids is 4. The van der Waals surface area contributed by atoms with Gasteiger partial charge >= 0.3 is 23.9 Å². The fraction of sp³-hybridized carbons (Fsp3) is 0. The van der Waals surface area contributed by atoms with Crippen LogP contribution in [-0.4, -0.2) is 23.9 Å². The van der Waals surface area contributed by atoms with Crippen LogP contribution in [0.4, 0.5) is 0 Å². The molecule has 0 spiro atoms. The summed E-state index contributed by atoms with van der Waals surface area (Å²) in [5.74, 6) is -2.43. The first-order valence-corrected chi connectivity index (χ1v) is 10.2. The minimum Gasteiger partial charge on any atom is -0.386 e. The van der Waals surface area contributed by atoms with Gasteiger partial charge in [0, 0.05) is 26.1 Å². The summed E-state index contributed by atoms with van der Waals surface area (Å²) in [7, 11) is 0. The fourth-order valence-electron chi connectivity index (χ4n) is 3.83. The first-order valence-electron chi connectivity index (χ1n) is 9.35. The summed E-state index contributed by atoms with van der Waals surface area (Å²) in [5.41, 5.74) is 1.61. The molecule has 0 saturated carbocycles. The predicted octanol–water partition coefficient (Wildman–Crippen LogP) is 5.24. The Kier molecular flexibility index (Phi) is 4.73. The third-order valence-electron chi connectivity index (χ3n) is 5.26. The summed E-state index contributed by atoms with van der Waals surface area (Å²) >= 11 is 10.3. The lowest BCUT2D eigenvalue weighted by Gasteiger charge is -2.15. The van der Waals surface area contributed by atoms with Crippen LogP contribution in [0.3, 0.4) is 0 Å². The molecule has 0 N–H and O–H groups in total. The molecule has 0 unspecified atom stereocenters. The van der Waals surface area contributed by atoms with E-state index in [1.165, 1.54) is 0 Å². The molecule has 0 aliphatic carbocycles. The number of hydrogen-bond donors (Lipinski definition) is 1. The van der Waals surface area contributed by atoms with Gasteiger partial charge in [0.25, 0.3) is 0 Å². The van der Waals surface area contributed by atoms with Crippen molar-refractivity contribution in [1.82, 2.24) is 0 Å². The number of cyclic esters (lactones) is 4. The third kappa shape index (κ3) is 3.05. The summed E-state index contributed by atoms with van der Waals surface area (Å²) in [6.45, 7) is 0. The number of hydrogen-bond acceptors (Lipinski definition) is 7. The normalized spacial score (nSPS) is 14.1. The van der Waals surface area contributed by atoms with E-state index in [1.807, 2.05) is 6.07 Å². The van der Waals surface area contributed by atoms with Crippen LogP contribution in [0.5, 0.6) is 0 Å². The Labute approximate surface area is 191 Å². The number of rotatable bonds is 0. The quantitative estimate of drug-likeness (QED) is 0.218. The third-order valence-corrected chi connectivity index (χ3v) is 5.98. The monoisotopic (exact) mass is 462 g/mol. The topological polar surface area (TPSA) is 86.7 Å². The molecule has 2 heterocycles. The van der Waals surface area contributed by atoms with Gasteiger partial charge < -0.3 is 9.47 Å². The second-order valence-corrected chi connectivity index (χ2v) is 7.93. The van der Waals surface area contributed by atoms with Crippen molar-refractivity contribution >= 4 is 69.7 Å². The van der Waals surface area contributed by atoms with Gasteiger partial charge in [0.15, 0.2) is 0 Å². The molecular weight excluding hydrogens is 452 g/mol. The Hall–Kier alpha value is -3.68. The molecule has 0 atom stereocenters. The van der Waals surface area contributed by atoms with Crippen molar-refractivity contribution in [1.29, 1.82) is 0 Å². The van der Waals surface area contributed by atoms with E-state index in [0.717, 1.165) is 10.3 Å². The number of esters is 4. The zero-order valence-corrected chi connectivity index (χ0v) is 17.7. The standard InChI is InChI=1S/C12H5ClO3.C12H6O3S/c13-9-5-4-8-10-6(9)2-1-3-7(10)11(14)16-12(8)15;13-11-7-3-1-2-6-9(16)5-4-8(10(6)7)12(14)15-11/h1-5H;1-5,16H. The molecular formula is C24H11ClO6S. The van der Waals surface area contributed by atoms with Crippen LogP contribution in [0.15, 0.2) is 65.6 Å². The molecule has 4 aromatic rings. The first kappa shape index (κ1) is 20.2. The smallest absolute Gasteiger partial charge is 0.346 e. The van der Waals surface area contributed by atoms with Crippen LogP contribution >= 0.6 is 24.2 Å². The van der Waals surface area contributed by atoms with Crippen molar-refractivity contribution in [2.75, 3.05) is 0 Å². The molecule has 156 valence electrons. The second-order valence-electron chi connectivity index (χ2n) is 7.04. The number of ether oxygens (including phenoxy) is 2. The number of carbonyl (C=O) groups is 4. The minimum absolute atomic E-state index is 0.384. The van der Waals surface area contributed by atoms with Gasteiger partial charge in [-0.1, -0.05) is 35.9 Å². The maximum absolute atomic E-state index is 11.5. The van der Waals surface area contributed by atoms with Crippen LogP contribution < -0.4 is 0 Å².